The van der Waals surface area contributed by atoms with Crippen LogP contribution in [0, 0.1) is 0 Å². The Balaban J connectivity index is 4.09. The number of esters is 3. The van der Waals surface area contributed by atoms with Gasteiger partial charge in [-0.2, -0.15) is 0 Å². The van der Waals surface area contributed by atoms with Crippen molar-refractivity contribution in [3.05, 3.63) is 0 Å². The summed E-state index contributed by atoms with van der Waals surface area (Å²) in [6, 6.07) is 0. The van der Waals surface area contributed by atoms with E-state index in [0.29, 0.717) is 19.3 Å². The fourth-order valence-electron chi connectivity index (χ4n) is 9.51. The Kier molecular flexibility index (Phi) is 55.6. The molecule has 0 bridgehead atoms. The average Bonchev–Trinajstić information content (AvgIpc) is 3.33. The van der Waals surface area contributed by atoms with E-state index >= 15 is 0 Å². The summed E-state index contributed by atoms with van der Waals surface area (Å²) in [5.74, 6) is -0.839. The van der Waals surface area contributed by atoms with E-state index in [1.54, 1.807) is 0 Å². The third-order valence-electron chi connectivity index (χ3n) is 14.1. The van der Waals surface area contributed by atoms with Crippen molar-refractivity contribution in [3.63, 3.8) is 0 Å². The van der Waals surface area contributed by atoms with Gasteiger partial charge in [-0.05, 0) is 19.3 Å². The van der Waals surface area contributed by atoms with Crippen LogP contribution in [0.1, 0.15) is 355 Å². The monoisotopic (exact) mass is 947 g/mol. The maximum absolute atomic E-state index is 12.8. The molecule has 0 spiro atoms. The Morgan fingerprint density at radius 2 is 0.403 bits per heavy atom. The van der Waals surface area contributed by atoms with Gasteiger partial charge in [-0.1, -0.05) is 316 Å². The Morgan fingerprint density at radius 3 is 0.597 bits per heavy atom. The third kappa shape index (κ3) is 55.2. The van der Waals surface area contributed by atoms with E-state index in [4.69, 9.17) is 14.2 Å². The van der Waals surface area contributed by atoms with Gasteiger partial charge in [0.15, 0.2) is 6.10 Å². The van der Waals surface area contributed by atoms with E-state index in [1.165, 1.54) is 257 Å². The number of unbranched alkanes of at least 4 members (excludes halogenated alkanes) is 46. The molecule has 6 nitrogen and oxygen atoms in total. The van der Waals surface area contributed by atoms with E-state index < -0.39 is 6.10 Å². The van der Waals surface area contributed by atoms with Crippen LogP contribution in [0.3, 0.4) is 0 Å². The van der Waals surface area contributed by atoms with Crippen LogP contribution in [-0.2, 0) is 28.6 Å². The largest absolute Gasteiger partial charge is 0.462 e. The zero-order valence-corrected chi connectivity index (χ0v) is 45.7. The number of rotatable bonds is 57. The molecule has 6 heteroatoms. The van der Waals surface area contributed by atoms with Gasteiger partial charge in [-0.25, -0.2) is 0 Å². The summed E-state index contributed by atoms with van der Waals surface area (Å²) in [6.45, 7) is 6.67. The quantitative estimate of drug-likeness (QED) is 0.0343. The second-order valence-electron chi connectivity index (χ2n) is 21.0. The van der Waals surface area contributed by atoms with Crippen molar-refractivity contribution >= 4 is 17.9 Å². The SMILES string of the molecule is CCCCCCCCCCCCCCCCCCCCCCCC(=O)OCC(COC(=O)CCCCCCCCC)OC(=O)CCCCCCCCCCCCCCCCCCCCCCC. The number of hydrogen-bond donors (Lipinski definition) is 0. The summed E-state index contributed by atoms with van der Waals surface area (Å²) in [5.41, 5.74) is 0. The van der Waals surface area contributed by atoms with E-state index in [1.807, 2.05) is 0 Å². The highest BCUT2D eigenvalue weighted by atomic mass is 16.6. The lowest BCUT2D eigenvalue weighted by molar-refractivity contribution is -0.167. The molecular weight excluding hydrogens is 829 g/mol. The molecule has 0 aliphatic rings. The van der Waals surface area contributed by atoms with Gasteiger partial charge in [0, 0.05) is 19.3 Å². The Bertz CT molecular complexity index is 998. The Hall–Kier alpha value is -1.59. The lowest BCUT2D eigenvalue weighted by Gasteiger charge is -2.18. The molecule has 0 rings (SSSR count). The van der Waals surface area contributed by atoms with Gasteiger partial charge in [0.25, 0.3) is 0 Å². The van der Waals surface area contributed by atoms with Crippen LogP contribution in [0.4, 0.5) is 0 Å². The zero-order chi connectivity index (χ0) is 48.6. The second-order valence-corrected chi connectivity index (χ2v) is 21.0. The highest BCUT2D eigenvalue weighted by molar-refractivity contribution is 5.71. The second kappa shape index (κ2) is 57.0. The molecule has 0 saturated carbocycles. The lowest BCUT2D eigenvalue weighted by Crippen LogP contribution is -2.30. The molecule has 67 heavy (non-hydrogen) atoms. The maximum atomic E-state index is 12.8. The van der Waals surface area contributed by atoms with Crippen molar-refractivity contribution in [2.45, 2.75) is 361 Å². The van der Waals surface area contributed by atoms with Crippen molar-refractivity contribution in [3.8, 4) is 0 Å². The van der Waals surface area contributed by atoms with Gasteiger partial charge in [0.2, 0.25) is 0 Å². The minimum atomic E-state index is -0.760. The molecular formula is C61H118O6. The third-order valence-corrected chi connectivity index (χ3v) is 14.1. The molecule has 0 N–H and O–H groups in total. The summed E-state index contributed by atoms with van der Waals surface area (Å²) < 4.78 is 16.8. The Morgan fingerprint density at radius 1 is 0.239 bits per heavy atom. The molecule has 0 saturated heterocycles. The lowest BCUT2D eigenvalue weighted by atomic mass is 10.0. The van der Waals surface area contributed by atoms with E-state index in [-0.39, 0.29) is 31.1 Å². The van der Waals surface area contributed by atoms with Crippen molar-refractivity contribution in [2.24, 2.45) is 0 Å². The first kappa shape index (κ1) is 65.4. The van der Waals surface area contributed by atoms with Gasteiger partial charge in [-0.3, -0.25) is 14.4 Å². The van der Waals surface area contributed by atoms with Crippen LogP contribution < -0.4 is 0 Å². The molecule has 398 valence electrons. The fourth-order valence-corrected chi connectivity index (χ4v) is 9.51. The number of carbonyl (C=O) groups is 3. The summed E-state index contributed by atoms with van der Waals surface area (Å²) in [6.07, 6.45) is 64.2. The van der Waals surface area contributed by atoms with Crippen LogP contribution in [0.15, 0.2) is 0 Å². The van der Waals surface area contributed by atoms with Crippen molar-refractivity contribution in [1.82, 2.24) is 0 Å². The highest BCUT2D eigenvalue weighted by Gasteiger charge is 2.19. The summed E-state index contributed by atoms with van der Waals surface area (Å²) in [7, 11) is 0. The van der Waals surface area contributed by atoms with Crippen molar-refractivity contribution in [2.75, 3.05) is 13.2 Å². The first-order chi connectivity index (χ1) is 33.0. The highest BCUT2D eigenvalue weighted by Crippen LogP contribution is 2.18. The van der Waals surface area contributed by atoms with Gasteiger partial charge in [0.1, 0.15) is 13.2 Å². The van der Waals surface area contributed by atoms with Crippen molar-refractivity contribution < 1.29 is 28.6 Å². The molecule has 0 fully saturated rings. The average molecular weight is 948 g/mol. The minimum absolute atomic E-state index is 0.0617. The molecule has 0 amide bonds. The minimum Gasteiger partial charge on any atom is -0.462 e. The first-order valence-corrected chi connectivity index (χ1v) is 30.5. The number of carbonyl (C=O) groups excluding carboxylic acids is 3. The van der Waals surface area contributed by atoms with Crippen LogP contribution in [-0.4, -0.2) is 37.2 Å². The Labute approximate surface area is 418 Å². The van der Waals surface area contributed by atoms with Gasteiger partial charge in [0.05, 0.1) is 0 Å². The van der Waals surface area contributed by atoms with Gasteiger partial charge in [-0.15, -0.1) is 0 Å². The normalized spacial score (nSPS) is 11.9. The van der Waals surface area contributed by atoms with E-state index in [0.717, 1.165) is 57.8 Å². The molecule has 1 atom stereocenters. The predicted octanol–water partition coefficient (Wildman–Crippen LogP) is 20.3. The molecule has 0 aromatic carbocycles. The van der Waals surface area contributed by atoms with E-state index in [2.05, 4.69) is 20.8 Å². The van der Waals surface area contributed by atoms with E-state index in [9.17, 15) is 14.4 Å². The first-order valence-electron chi connectivity index (χ1n) is 30.5. The molecule has 0 heterocycles. The molecule has 0 aromatic heterocycles. The smallest absolute Gasteiger partial charge is 0.306 e. The predicted molar refractivity (Wildman–Crippen MR) is 289 cm³/mol. The molecule has 0 aromatic rings. The molecule has 1 unspecified atom stereocenters. The van der Waals surface area contributed by atoms with Crippen LogP contribution in [0.2, 0.25) is 0 Å². The number of ether oxygens (including phenoxy) is 3. The zero-order valence-electron chi connectivity index (χ0n) is 45.7. The van der Waals surface area contributed by atoms with Crippen LogP contribution >= 0.6 is 0 Å². The maximum Gasteiger partial charge on any atom is 0.306 e. The molecule has 0 aliphatic carbocycles. The fraction of sp³-hybridized carbons (Fsp3) is 0.951. The topological polar surface area (TPSA) is 78.9 Å². The van der Waals surface area contributed by atoms with Crippen molar-refractivity contribution in [1.29, 1.82) is 0 Å². The summed E-state index contributed by atoms with van der Waals surface area (Å²) in [5, 5.41) is 0. The van der Waals surface area contributed by atoms with Crippen LogP contribution in [0.25, 0.3) is 0 Å². The summed E-state index contributed by atoms with van der Waals surface area (Å²) in [4.78, 5) is 38.0. The molecule has 0 radical (unpaired) electrons. The van der Waals surface area contributed by atoms with Crippen LogP contribution in [0.5, 0.6) is 0 Å². The standard InChI is InChI=1S/C61H118O6/c1-4-7-10-13-16-18-20-22-24-26-28-30-32-34-36-38-40-42-45-48-51-54-60(63)66-57-58(56-65-59(62)53-50-47-44-15-12-9-6-3)67-61(64)55-52-49-46-43-41-39-37-35-33-31-29-27-25-23-21-19-17-14-11-8-5-2/h58H,4-57H2,1-3H3. The van der Waals surface area contributed by atoms with Gasteiger partial charge < -0.3 is 14.2 Å². The number of hydrogen-bond acceptors (Lipinski definition) is 6. The summed E-state index contributed by atoms with van der Waals surface area (Å²) >= 11 is 0. The molecule has 0 aliphatic heterocycles. The van der Waals surface area contributed by atoms with Gasteiger partial charge >= 0.3 is 17.9 Å².